The number of likely N-dealkylation sites (N-methyl/N-ethyl adjacent to an activating group) is 1. The number of hydrogen-bond donors (Lipinski definition) is 2. The van der Waals surface area contributed by atoms with Crippen molar-refractivity contribution in [2.45, 2.75) is 45.6 Å². The SMILES string of the molecule is CCCC(CC)C[C@H](NC)C(=O)O. The van der Waals surface area contributed by atoms with Crippen LogP contribution >= 0.6 is 0 Å². The maximum absolute atomic E-state index is 10.7. The predicted octanol–water partition coefficient (Wildman–Crippen LogP) is 1.88. The molecule has 0 aromatic carbocycles. The molecule has 0 bridgehead atoms. The number of carboxylic acid groups (broad SMARTS) is 1. The maximum Gasteiger partial charge on any atom is 0.320 e. The smallest absolute Gasteiger partial charge is 0.320 e. The van der Waals surface area contributed by atoms with Crippen LogP contribution in [0.2, 0.25) is 0 Å². The molecule has 3 nitrogen and oxygen atoms in total. The lowest BCUT2D eigenvalue weighted by Gasteiger charge is -2.18. The summed E-state index contributed by atoms with van der Waals surface area (Å²) in [6.07, 6.45) is 4.08. The molecule has 1 unspecified atom stereocenters. The van der Waals surface area contributed by atoms with Crippen molar-refractivity contribution in [1.82, 2.24) is 5.32 Å². The van der Waals surface area contributed by atoms with Gasteiger partial charge in [0.15, 0.2) is 0 Å². The zero-order chi connectivity index (χ0) is 10.3. The lowest BCUT2D eigenvalue weighted by Crippen LogP contribution is -2.35. The third-order valence-electron chi connectivity index (χ3n) is 2.49. The molecule has 0 aromatic heterocycles. The van der Waals surface area contributed by atoms with Gasteiger partial charge in [0, 0.05) is 0 Å². The molecular weight excluding hydrogens is 166 g/mol. The van der Waals surface area contributed by atoms with Gasteiger partial charge in [-0.3, -0.25) is 4.79 Å². The van der Waals surface area contributed by atoms with Crippen LogP contribution in [-0.2, 0) is 4.79 Å². The van der Waals surface area contributed by atoms with Crippen LogP contribution in [0.3, 0.4) is 0 Å². The highest BCUT2D eigenvalue weighted by Crippen LogP contribution is 2.17. The van der Waals surface area contributed by atoms with Crippen molar-refractivity contribution < 1.29 is 9.90 Å². The van der Waals surface area contributed by atoms with E-state index in [0.29, 0.717) is 5.92 Å². The zero-order valence-corrected chi connectivity index (χ0v) is 8.84. The van der Waals surface area contributed by atoms with Gasteiger partial charge in [0.05, 0.1) is 0 Å². The summed E-state index contributed by atoms with van der Waals surface area (Å²) in [4.78, 5) is 10.7. The fraction of sp³-hybridized carbons (Fsp3) is 0.900. The Kier molecular flexibility index (Phi) is 6.59. The molecule has 2 atom stereocenters. The van der Waals surface area contributed by atoms with Gasteiger partial charge in [-0.05, 0) is 19.4 Å². The van der Waals surface area contributed by atoms with Gasteiger partial charge >= 0.3 is 5.97 Å². The van der Waals surface area contributed by atoms with E-state index in [9.17, 15) is 4.79 Å². The molecule has 0 aliphatic carbocycles. The minimum atomic E-state index is -0.739. The van der Waals surface area contributed by atoms with Crippen molar-refractivity contribution in [3.63, 3.8) is 0 Å². The Balaban J connectivity index is 3.95. The summed E-state index contributed by atoms with van der Waals surface area (Å²) in [6, 6.07) is -0.378. The summed E-state index contributed by atoms with van der Waals surface area (Å²) in [5.41, 5.74) is 0. The molecule has 3 heteroatoms. The van der Waals surface area contributed by atoms with E-state index < -0.39 is 5.97 Å². The molecule has 0 fully saturated rings. The number of nitrogens with one attached hydrogen (secondary N) is 1. The van der Waals surface area contributed by atoms with E-state index in [1.54, 1.807) is 7.05 Å². The van der Waals surface area contributed by atoms with Crippen LogP contribution in [0, 0.1) is 5.92 Å². The van der Waals surface area contributed by atoms with Crippen molar-refractivity contribution in [3.8, 4) is 0 Å². The molecule has 0 amide bonds. The van der Waals surface area contributed by atoms with Crippen LogP contribution in [0.25, 0.3) is 0 Å². The minimum absolute atomic E-state index is 0.378. The van der Waals surface area contributed by atoms with E-state index >= 15 is 0 Å². The number of rotatable bonds is 7. The molecule has 0 aliphatic rings. The van der Waals surface area contributed by atoms with E-state index in [-0.39, 0.29) is 6.04 Å². The van der Waals surface area contributed by atoms with E-state index in [1.807, 2.05) is 0 Å². The van der Waals surface area contributed by atoms with Gasteiger partial charge in [0.25, 0.3) is 0 Å². The molecular formula is C10H21NO2. The third kappa shape index (κ3) is 4.88. The molecule has 0 aromatic rings. The molecule has 0 rings (SSSR count). The molecule has 13 heavy (non-hydrogen) atoms. The Bertz CT molecular complexity index is 148. The summed E-state index contributed by atoms with van der Waals surface area (Å²) in [6.45, 7) is 4.26. The standard InChI is InChI=1S/C10H21NO2/c1-4-6-8(5-2)7-9(11-3)10(12)13/h8-9,11H,4-7H2,1-3H3,(H,12,13)/t8?,9-/m0/s1. The van der Waals surface area contributed by atoms with Gasteiger partial charge in [-0.25, -0.2) is 0 Å². The molecule has 78 valence electrons. The maximum atomic E-state index is 10.7. The van der Waals surface area contributed by atoms with Crippen molar-refractivity contribution >= 4 is 5.97 Å². The topological polar surface area (TPSA) is 49.3 Å². The highest BCUT2D eigenvalue weighted by atomic mass is 16.4. The van der Waals surface area contributed by atoms with E-state index in [1.165, 1.54) is 0 Å². The fourth-order valence-corrected chi connectivity index (χ4v) is 1.57. The second kappa shape index (κ2) is 6.89. The van der Waals surface area contributed by atoms with Crippen LogP contribution in [-0.4, -0.2) is 24.2 Å². The highest BCUT2D eigenvalue weighted by molar-refractivity contribution is 5.73. The summed E-state index contributed by atoms with van der Waals surface area (Å²) < 4.78 is 0. The van der Waals surface area contributed by atoms with Gasteiger partial charge in [-0.15, -0.1) is 0 Å². The van der Waals surface area contributed by atoms with Crippen LogP contribution < -0.4 is 5.32 Å². The lowest BCUT2D eigenvalue weighted by atomic mass is 9.93. The fourth-order valence-electron chi connectivity index (χ4n) is 1.57. The first-order valence-electron chi connectivity index (χ1n) is 5.05. The largest absolute Gasteiger partial charge is 0.480 e. The molecule has 0 aliphatic heterocycles. The second-order valence-electron chi connectivity index (χ2n) is 3.48. The Morgan fingerprint density at radius 1 is 1.46 bits per heavy atom. The van der Waals surface area contributed by atoms with Crippen LogP contribution in [0.4, 0.5) is 0 Å². The summed E-state index contributed by atoms with van der Waals surface area (Å²) in [5.74, 6) is -0.199. The first-order chi connectivity index (χ1) is 6.15. The van der Waals surface area contributed by atoms with Gasteiger partial charge < -0.3 is 10.4 Å². The summed E-state index contributed by atoms with van der Waals surface area (Å²) in [7, 11) is 1.71. The molecule has 0 spiro atoms. The number of carbonyl (C=O) groups is 1. The summed E-state index contributed by atoms with van der Waals surface area (Å²) >= 11 is 0. The quantitative estimate of drug-likeness (QED) is 0.639. The Labute approximate surface area is 80.5 Å². The van der Waals surface area contributed by atoms with E-state index in [2.05, 4.69) is 19.2 Å². The van der Waals surface area contributed by atoms with Crippen LogP contribution in [0.1, 0.15) is 39.5 Å². The first-order valence-corrected chi connectivity index (χ1v) is 5.05. The van der Waals surface area contributed by atoms with Crippen molar-refractivity contribution in [2.24, 2.45) is 5.92 Å². The lowest BCUT2D eigenvalue weighted by molar-refractivity contribution is -0.139. The molecule has 0 saturated carbocycles. The monoisotopic (exact) mass is 187 g/mol. The number of hydrogen-bond acceptors (Lipinski definition) is 2. The van der Waals surface area contributed by atoms with Crippen LogP contribution in [0.15, 0.2) is 0 Å². The Morgan fingerprint density at radius 2 is 2.08 bits per heavy atom. The van der Waals surface area contributed by atoms with Gasteiger partial charge in [0.2, 0.25) is 0 Å². The van der Waals surface area contributed by atoms with E-state index in [0.717, 1.165) is 25.7 Å². The predicted molar refractivity (Wildman–Crippen MR) is 53.8 cm³/mol. The number of carboxylic acids is 1. The number of aliphatic carboxylic acids is 1. The molecule has 0 radical (unpaired) electrons. The van der Waals surface area contributed by atoms with Gasteiger partial charge in [-0.1, -0.05) is 33.1 Å². The van der Waals surface area contributed by atoms with Crippen LogP contribution in [0.5, 0.6) is 0 Å². The minimum Gasteiger partial charge on any atom is -0.480 e. The first kappa shape index (κ1) is 12.4. The molecule has 0 heterocycles. The van der Waals surface area contributed by atoms with Gasteiger partial charge in [0.1, 0.15) is 6.04 Å². The van der Waals surface area contributed by atoms with Gasteiger partial charge in [-0.2, -0.15) is 0 Å². The second-order valence-corrected chi connectivity index (χ2v) is 3.48. The van der Waals surface area contributed by atoms with Crippen molar-refractivity contribution in [3.05, 3.63) is 0 Å². The average molecular weight is 187 g/mol. The van der Waals surface area contributed by atoms with E-state index in [4.69, 9.17) is 5.11 Å². The van der Waals surface area contributed by atoms with Crippen molar-refractivity contribution in [2.75, 3.05) is 7.05 Å². The van der Waals surface area contributed by atoms with Crippen molar-refractivity contribution in [1.29, 1.82) is 0 Å². The Morgan fingerprint density at radius 3 is 2.38 bits per heavy atom. The highest BCUT2D eigenvalue weighted by Gasteiger charge is 2.18. The zero-order valence-electron chi connectivity index (χ0n) is 8.84. The molecule has 0 saturated heterocycles. The normalized spacial score (nSPS) is 15.3. The molecule has 2 N–H and O–H groups in total. The average Bonchev–Trinajstić information content (AvgIpc) is 2.11. The summed E-state index contributed by atoms with van der Waals surface area (Å²) in [5, 5.41) is 11.6. The Hall–Kier alpha value is -0.570. The third-order valence-corrected chi connectivity index (χ3v) is 2.49.